The van der Waals surface area contributed by atoms with Crippen molar-refractivity contribution in [3.8, 4) is 0 Å². The fourth-order valence-corrected chi connectivity index (χ4v) is 10.9. The number of ether oxygens (including phenoxy) is 7. The Balaban J connectivity index is 1.33. The summed E-state index contributed by atoms with van der Waals surface area (Å²) >= 11 is 0. The van der Waals surface area contributed by atoms with Crippen LogP contribution in [0.2, 0.25) is 0 Å². The number of aliphatic hydroxyl groups is 2. The maximum absolute atomic E-state index is 14.6. The van der Waals surface area contributed by atoms with Crippen LogP contribution in [0.1, 0.15) is 133 Å². The second-order valence-corrected chi connectivity index (χ2v) is 18.3. The van der Waals surface area contributed by atoms with Gasteiger partial charge in [-0.1, -0.05) is 55.4 Å². The minimum Gasteiger partial charge on any atom is -0.469 e. The van der Waals surface area contributed by atoms with Crippen LogP contribution in [0.4, 0.5) is 0 Å². The van der Waals surface area contributed by atoms with Crippen LogP contribution < -0.4 is 0 Å². The highest BCUT2D eigenvalue weighted by Crippen LogP contribution is 2.54. The molecule has 18 unspecified atom stereocenters. The number of rotatable bonds is 13. The van der Waals surface area contributed by atoms with Crippen LogP contribution >= 0.6 is 0 Å². The van der Waals surface area contributed by atoms with E-state index in [9.17, 15) is 19.8 Å². The Kier molecular flexibility index (Phi) is 14.1. The van der Waals surface area contributed by atoms with Gasteiger partial charge in [-0.15, -0.1) is 0 Å². The van der Waals surface area contributed by atoms with E-state index in [4.69, 9.17) is 33.2 Å². The van der Waals surface area contributed by atoms with E-state index in [0.29, 0.717) is 44.9 Å². The molecule has 316 valence electrons. The Hall–Kier alpha value is -1.44. The Morgan fingerprint density at radius 1 is 0.891 bits per heavy atom. The number of aliphatic hydroxyl groups excluding tert-OH is 1. The molecule has 5 aliphatic heterocycles. The summed E-state index contributed by atoms with van der Waals surface area (Å²) in [5, 5.41) is 22.9. The second kappa shape index (κ2) is 17.4. The smallest absolute Gasteiger partial charge is 0.311 e. The molecule has 0 amide bonds. The lowest BCUT2D eigenvalue weighted by Gasteiger charge is -2.54. The van der Waals surface area contributed by atoms with E-state index in [1.807, 2.05) is 53.7 Å². The number of esters is 1. The predicted octanol–water partition coefficient (Wildman–Crippen LogP) is 6.93. The van der Waals surface area contributed by atoms with Crippen LogP contribution in [0.25, 0.3) is 0 Å². The number of carbonyl (C=O) groups excluding carboxylic acids is 2. The minimum absolute atomic E-state index is 0.0334. The molecule has 55 heavy (non-hydrogen) atoms. The van der Waals surface area contributed by atoms with Gasteiger partial charge in [0.05, 0.1) is 60.9 Å². The Bertz CT molecular complexity index is 1360. The van der Waals surface area contributed by atoms with E-state index in [2.05, 4.69) is 27.7 Å². The lowest BCUT2D eigenvalue weighted by atomic mass is 9.72. The molecule has 0 aromatic heterocycles. The maximum atomic E-state index is 14.6. The molecule has 4 saturated heterocycles. The van der Waals surface area contributed by atoms with Gasteiger partial charge in [-0.25, -0.2) is 0 Å². The van der Waals surface area contributed by atoms with Gasteiger partial charge in [-0.3, -0.25) is 9.59 Å². The van der Waals surface area contributed by atoms with E-state index in [1.54, 1.807) is 7.11 Å². The van der Waals surface area contributed by atoms with Crippen LogP contribution in [0, 0.1) is 41.4 Å². The summed E-state index contributed by atoms with van der Waals surface area (Å²) in [6, 6.07) is 0. The standard InChI is InChI=1S/C44H74O11/c1-13-31(40(47)50-12)33-17-16-25(4)38(52-33)29(8)36(45)28(7)37(46)32(14-2)39-26(5)24-27(6)43(53-39)21-19-35(49-11)44(55-43)23-22-41(10,54-44)34-18-20-42(48,15-3)30(9)51-34/h19,21,25-36,38-39,45,48H,13-18,20,22-24H2,1-12H3. The highest BCUT2D eigenvalue weighted by molar-refractivity contribution is 5.84. The SMILES string of the molecule is CCC(C(=O)OC)C1CCC(C)C(C(C)C(O)C(C)C(=O)C(CC)C2OC3(C=CC(OC)C4(CCC(C)(C5CCC(O)(CC)C(C)O5)O4)O3)C(C)CC2C)O1. The molecule has 4 fully saturated rings. The summed E-state index contributed by atoms with van der Waals surface area (Å²) < 4.78 is 45.4. The third kappa shape index (κ3) is 8.39. The van der Waals surface area contributed by atoms with E-state index >= 15 is 0 Å². The minimum atomic E-state index is -1.15. The topological polar surface area (TPSA) is 139 Å². The van der Waals surface area contributed by atoms with Gasteiger partial charge in [0.25, 0.3) is 0 Å². The molecular formula is C44H74O11. The number of carbonyl (C=O) groups is 2. The van der Waals surface area contributed by atoms with Crippen LogP contribution in [0.3, 0.4) is 0 Å². The molecule has 18 atom stereocenters. The van der Waals surface area contributed by atoms with Crippen LogP contribution in [0.5, 0.6) is 0 Å². The first-order chi connectivity index (χ1) is 25.9. The van der Waals surface area contributed by atoms with Gasteiger partial charge in [-0.05, 0) is 95.6 Å². The average molecular weight is 779 g/mol. The third-order valence-corrected chi connectivity index (χ3v) is 14.9. The molecular weight excluding hydrogens is 704 g/mol. The number of hydrogen-bond acceptors (Lipinski definition) is 11. The molecule has 5 aliphatic rings. The van der Waals surface area contributed by atoms with E-state index in [1.165, 1.54) is 7.11 Å². The fourth-order valence-electron chi connectivity index (χ4n) is 10.9. The van der Waals surface area contributed by atoms with Gasteiger partial charge >= 0.3 is 5.97 Å². The Morgan fingerprint density at radius 2 is 1.58 bits per heavy atom. The summed E-state index contributed by atoms with van der Waals surface area (Å²) in [5.74, 6) is -4.27. The lowest BCUT2D eigenvalue weighted by Crippen LogP contribution is -2.63. The van der Waals surface area contributed by atoms with Crippen LogP contribution in [-0.4, -0.2) is 102 Å². The Morgan fingerprint density at radius 3 is 2.18 bits per heavy atom. The summed E-state index contributed by atoms with van der Waals surface area (Å²) in [5.41, 5.74) is -1.52. The monoisotopic (exact) mass is 779 g/mol. The molecule has 0 radical (unpaired) electrons. The summed E-state index contributed by atoms with van der Waals surface area (Å²) in [7, 11) is 3.07. The Labute approximate surface area is 330 Å². The largest absolute Gasteiger partial charge is 0.469 e. The van der Waals surface area contributed by atoms with Gasteiger partial charge in [0.1, 0.15) is 11.9 Å². The average Bonchev–Trinajstić information content (AvgIpc) is 3.51. The molecule has 5 heterocycles. The van der Waals surface area contributed by atoms with E-state index in [0.717, 1.165) is 19.3 Å². The molecule has 2 spiro atoms. The highest BCUT2D eigenvalue weighted by Gasteiger charge is 2.63. The van der Waals surface area contributed by atoms with Crippen molar-refractivity contribution >= 4 is 11.8 Å². The molecule has 11 nitrogen and oxygen atoms in total. The molecule has 11 heteroatoms. The molecule has 0 aromatic rings. The normalized spacial score (nSPS) is 44.9. The molecule has 5 rings (SSSR count). The number of hydrogen-bond donors (Lipinski definition) is 2. The quantitative estimate of drug-likeness (QED) is 0.149. The molecule has 0 saturated carbocycles. The highest BCUT2D eigenvalue weighted by atomic mass is 16.8. The maximum Gasteiger partial charge on any atom is 0.311 e. The number of Topliss-reactive ketones (excluding diaryl/α,β-unsaturated/α-hetero) is 1. The predicted molar refractivity (Wildman–Crippen MR) is 208 cm³/mol. The zero-order valence-electron chi connectivity index (χ0n) is 35.9. The van der Waals surface area contributed by atoms with Gasteiger partial charge in [0, 0.05) is 37.2 Å². The van der Waals surface area contributed by atoms with Crippen LogP contribution in [-0.2, 0) is 42.7 Å². The molecule has 0 aromatic carbocycles. The first-order valence-corrected chi connectivity index (χ1v) is 21.5. The van der Waals surface area contributed by atoms with Gasteiger partial charge in [-0.2, -0.15) is 0 Å². The van der Waals surface area contributed by atoms with Crippen molar-refractivity contribution in [2.24, 2.45) is 41.4 Å². The third-order valence-electron chi connectivity index (χ3n) is 14.9. The summed E-state index contributed by atoms with van der Waals surface area (Å²) in [6.07, 6.45) is 7.67. The molecule has 0 bridgehead atoms. The molecule has 0 aliphatic carbocycles. The van der Waals surface area contributed by atoms with Gasteiger partial charge in [0.15, 0.2) is 5.79 Å². The van der Waals surface area contributed by atoms with Crippen molar-refractivity contribution in [2.45, 2.75) is 199 Å². The number of methoxy groups -OCH3 is 2. The first-order valence-electron chi connectivity index (χ1n) is 21.5. The van der Waals surface area contributed by atoms with Crippen molar-refractivity contribution in [3.05, 3.63) is 12.2 Å². The van der Waals surface area contributed by atoms with E-state index < -0.39 is 52.9 Å². The van der Waals surface area contributed by atoms with Gasteiger partial charge in [0.2, 0.25) is 5.79 Å². The first kappa shape index (κ1) is 44.7. The van der Waals surface area contributed by atoms with Crippen molar-refractivity contribution in [2.75, 3.05) is 14.2 Å². The molecule has 2 N–H and O–H groups in total. The zero-order chi connectivity index (χ0) is 40.7. The number of ketones is 1. The summed E-state index contributed by atoms with van der Waals surface area (Å²) in [4.78, 5) is 27.1. The lowest BCUT2D eigenvalue weighted by molar-refractivity contribution is -0.410. The van der Waals surface area contributed by atoms with Crippen molar-refractivity contribution in [1.29, 1.82) is 0 Å². The van der Waals surface area contributed by atoms with Crippen molar-refractivity contribution in [3.63, 3.8) is 0 Å². The van der Waals surface area contributed by atoms with Crippen molar-refractivity contribution < 1.29 is 53.0 Å². The van der Waals surface area contributed by atoms with Crippen molar-refractivity contribution in [1.82, 2.24) is 0 Å². The second-order valence-electron chi connectivity index (χ2n) is 18.3. The zero-order valence-corrected chi connectivity index (χ0v) is 35.9. The van der Waals surface area contributed by atoms with Gasteiger partial charge < -0.3 is 43.4 Å². The van der Waals surface area contributed by atoms with E-state index in [-0.39, 0.29) is 65.8 Å². The fraction of sp³-hybridized carbons (Fsp3) is 0.909. The van der Waals surface area contributed by atoms with Crippen LogP contribution in [0.15, 0.2) is 12.2 Å². The summed E-state index contributed by atoms with van der Waals surface area (Å²) in [6.45, 7) is 20.1.